The number of halogens is 2. The first-order valence-corrected chi connectivity index (χ1v) is 14.1. The van der Waals surface area contributed by atoms with Gasteiger partial charge in [0.25, 0.3) is 5.91 Å². The van der Waals surface area contributed by atoms with Crippen LogP contribution in [-0.2, 0) is 19.6 Å². The molecule has 2 aromatic carbocycles. The minimum atomic E-state index is -4.42. The average Bonchev–Trinajstić information content (AvgIpc) is 3.58. The number of sulfonamides is 1. The quantitative estimate of drug-likeness (QED) is 0.123. The highest BCUT2D eigenvalue weighted by Gasteiger charge is 2.32. The smallest absolute Gasteiger partial charge is 0.327 e. The summed E-state index contributed by atoms with van der Waals surface area (Å²) in [4.78, 5) is 32.8. The van der Waals surface area contributed by atoms with Gasteiger partial charge in [0, 0.05) is 30.7 Å². The molecule has 12 nitrogen and oxygen atoms in total. The molecular weight excluding hydrogens is 569 g/mol. The van der Waals surface area contributed by atoms with Crippen LogP contribution in [0.4, 0.5) is 5.95 Å². The predicted octanol–water partition coefficient (Wildman–Crippen LogP) is 3.45. The molecule has 2 aromatic heterocycles. The number of nitrogens with one attached hydrogen (secondary N) is 5. The van der Waals surface area contributed by atoms with Gasteiger partial charge in [-0.2, -0.15) is 9.82 Å². The zero-order valence-electron chi connectivity index (χ0n) is 20.6. The number of para-hydroxylation sites is 1. The highest BCUT2D eigenvalue weighted by atomic mass is 35.5. The van der Waals surface area contributed by atoms with Crippen molar-refractivity contribution >= 4 is 62.0 Å². The summed E-state index contributed by atoms with van der Waals surface area (Å²) in [5.74, 6) is -1.14. The number of rotatable bonds is 12. The molecule has 5 N–H and O–H groups in total. The number of amides is 1. The van der Waals surface area contributed by atoms with Crippen LogP contribution in [0.5, 0.6) is 0 Å². The van der Waals surface area contributed by atoms with E-state index in [2.05, 4.69) is 35.5 Å². The molecular formula is C24H25Cl2N7O5S. The van der Waals surface area contributed by atoms with Gasteiger partial charge in [0.2, 0.25) is 16.0 Å². The van der Waals surface area contributed by atoms with Crippen molar-refractivity contribution in [2.75, 3.05) is 11.9 Å². The number of anilines is 1. The molecule has 15 heteroatoms. The van der Waals surface area contributed by atoms with Crippen molar-refractivity contribution < 1.29 is 22.7 Å². The fourth-order valence-electron chi connectivity index (χ4n) is 3.75. The number of hydrogen-bond donors (Lipinski definition) is 5. The van der Waals surface area contributed by atoms with Gasteiger partial charge >= 0.3 is 5.97 Å². The van der Waals surface area contributed by atoms with Crippen molar-refractivity contribution in [1.82, 2.24) is 30.2 Å². The summed E-state index contributed by atoms with van der Waals surface area (Å²) in [5.41, 5.74) is 0.751. The third-order valence-corrected chi connectivity index (χ3v) is 7.99. The molecule has 2 heterocycles. The topological polar surface area (TPSA) is 171 Å². The molecule has 4 rings (SSSR count). The first-order valence-electron chi connectivity index (χ1n) is 11.8. The number of H-pyrrole nitrogens is 2. The van der Waals surface area contributed by atoms with E-state index < -0.39 is 45.6 Å². The number of ether oxygens (including phenoxy) is 1. The fraction of sp³-hybridized carbons (Fsp3) is 0.250. The summed E-state index contributed by atoms with van der Waals surface area (Å²) < 4.78 is 34.4. The summed E-state index contributed by atoms with van der Waals surface area (Å²) in [6.07, 6.45) is 4.88. The van der Waals surface area contributed by atoms with Gasteiger partial charge in [-0.1, -0.05) is 54.7 Å². The van der Waals surface area contributed by atoms with Crippen LogP contribution < -0.4 is 15.4 Å². The SMILES string of the molecule is CCCC(Nc1ncc[nH]1)OC(=O)C(CNC(=O)c1cccc2cn[nH]c12)NS(=O)(=O)c1c(Cl)cccc1Cl. The zero-order chi connectivity index (χ0) is 28.0. The maximum Gasteiger partial charge on any atom is 0.327 e. The summed E-state index contributed by atoms with van der Waals surface area (Å²) in [6, 6.07) is 7.68. The maximum atomic E-state index is 13.3. The lowest BCUT2D eigenvalue weighted by Gasteiger charge is -2.23. The van der Waals surface area contributed by atoms with Crippen LogP contribution in [0.2, 0.25) is 10.0 Å². The van der Waals surface area contributed by atoms with Crippen LogP contribution in [0.1, 0.15) is 30.1 Å². The van der Waals surface area contributed by atoms with E-state index in [9.17, 15) is 18.0 Å². The van der Waals surface area contributed by atoms with Gasteiger partial charge in [0.05, 0.1) is 27.3 Å². The van der Waals surface area contributed by atoms with Gasteiger partial charge < -0.3 is 20.4 Å². The molecule has 0 saturated carbocycles. The van der Waals surface area contributed by atoms with Crippen molar-refractivity contribution in [2.24, 2.45) is 0 Å². The third-order valence-electron chi connectivity index (χ3n) is 5.56. The highest BCUT2D eigenvalue weighted by molar-refractivity contribution is 7.89. The van der Waals surface area contributed by atoms with Crippen LogP contribution >= 0.6 is 23.2 Å². The van der Waals surface area contributed by atoms with Crippen molar-refractivity contribution in [2.45, 2.75) is 36.9 Å². The molecule has 0 spiro atoms. The number of carbonyl (C=O) groups excluding carboxylic acids is 2. The van der Waals surface area contributed by atoms with E-state index in [1.165, 1.54) is 24.4 Å². The molecule has 0 saturated heterocycles. The van der Waals surface area contributed by atoms with Crippen LogP contribution in [0, 0.1) is 0 Å². The number of imidazole rings is 1. The lowest BCUT2D eigenvalue weighted by atomic mass is 10.1. The monoisotopic (exact) mass is 593 g/mol. The Labute approximate surface area is 233 Å². The Kier molecular flexibility index (Phi) is 9.07. The Hall–Kier alpha value is -3.65. The van der Waals surface area contributed by atoms with Crippen molar-refractivity contribution in [3.05, 3.63) is 70.6 Å². The Morgan fingerprint density at radius 1 is 1.13 bits per heavy atom. The number of nitrogens with zero attached hydrogens (tertiary/aromatic N) is 2. The van der Waals surface area contributed by atoms with Gasteiger partial charge in [-0.05, 0) is 18.2 Å². The summed E-state index contributed by atoms with van der Waals surface area (Å²) >= 11 is 12.2. The number of carbonyl (C=O) groups is 2. The second kappa shape index (κ2) is 12.5. The van der Waals surface area contributed by atoms with Crippen molar-refractivity contribution in [3.8, 4) is 0 Å². The molecule has 0 bridgehead atoms. The Bertz CT molecular complexity index is 1540. The van der Waals surface area contributed by atoms with Gasteiger partial charge in [0.1, 0.15) is 10.9 Å². The molecule has 2 unspecified atom stereocenters. The second-order valence-electron chi connectivity index (χ2n) is 8.37. The molecule has 0 aliphatic heterocycles. The maximum absolute atomic E-state index is 13.3. The molecule has 0 radical (unpaired) electrons. The van der Waals surface area contributed by atoms with Gasteiger partial charge in [-0.3, -0.25) is 14.7 Å². The molecule has 0 aliphatic carbocycles. The van der Waals surface area contributed by atoms with E-state index >= 15 is 0 Å². The van der Waals surface area contributed by atoms with Gasteiger partial charge in [-0.15, -0.1) is 0 Å². The molecule has 0 aliphatic rings. The van der Waals surface area contributed by atoms with Gasteiger partial charge in [-0.25, -0.2) is 13.4 Å². The molecule has 0 fully saturated rings. The largest absolute Gasteiger partial charge is 0.440 e. The second-order valence-corrected chi connectivity index (χ2v) is 10.8. The first kappa shape index (κ1) is 28.4. The van der Waals surface area contributed by atoms with E-state index in [4.69, 9.17) is 27.9 Å². The Morgan fingerprint density at radius 2 is 1.87 bits per heavy atom. The summed E-state index contributed by atoms with van der Waals surface area (Å²) in [6.45, 7) is 1.45. The van der Waals surface area contributed by atoms with E-state index in [-0.39, 0.29) is 15.6 Å². The van der Waals surface area contributed by atoms with Crippen molar-refractivity contribution in [1.29, 1.82) is 0 Å². The highest BCUT2D eigenvalue weighted by Crippen LogP contribution is 2.29. The Morgan fingerprint density at radius 3 is 2.56 bits per heavy atom. The number of fused-ring (bicyclic) bond motifs is 1. The van der Waals surface area contributed by atoms with Crippen LogP contribution in [-0.4, -0.2) is 59.3 Å². The molecule has 39 heavy (non-hydrogen) atoms. The minimum Gasteiger partial charge on any atom is -0.440 e. The molecule has 2 atom stereocenters. The molecule has 4 aromatic rings. The first-order chi connectivity index (χ1) is 18.7. The third kappa shape index (κ3) is 6.87. The normalized spacial score (nSPS) is 13.1. The van der Waals surface area contributed by atoms with E-state index in [1.807, 2.05) is 6.92 Å². The van der Waals surface area contributed by atoms with Crippen molar-refractivity contribution in [3.63, 3.8) is 0 Å². The average molecular weight is 594 g/mol. The minimum absolute atomic E-state index is 0.138. The van der Waals surface area contributed by atoms with Crippen LogP contribution in [0.3, 0.4) is 0 Å². The van der Waals surface area contributed by atoms with Gasteiger partial charge in [0.15, 0.2) is 6.23 Å². The predicted molar refractivity (Wildman–Crippen MR) is 146 cm³/mol. The van der Waals surface area contributed by atoms with E-state index in [1.54, 1.807) is 30.6 Å². The lowest BCUT2D eigenvalue weighted by molar-refractivity contribution is -0.149. The number of aromatic amines is 2. The molecule has 1 amide bonds. The zero-order valence-corrected chi connectivity index (χ0v) is 22.9. The number of hydrogen-bond acceptors (Lipinski definition) is 8. The fourth-order valence-corrected chi connectivity index (χ4v) is 6.08. The standard InChI is InChI=1S/C24H25Cl2N7O5S/c1-2-5-19(31-24-27-10-11-28-24)38-23(35)18(33-39(36,37)21-16(25)8-4-9-17(21)26)13-29-22(34)15-7-3-6-14-12-30-32-20(14)15/h3-4,6-12,18-19,33H,2,5,13H2,1H3,(H,29,34)(H,30,32)(H2,27,28,31). The number of esters is 1. The number of aromatic nitrogens is 4. The molecule has 206 valence electrons. The van der Waals surface area contributed by atoms with Crippen LogP contribution in [0.15, 0.2) is 59.9 Å². The van der Waals surface area contributed by atoms with E-state index in [0.29, 0.717) is 29.7 Å². The number of benzene rings is 2. The summed E-state index contributed by atoms with van der Waals surface area (Å²) in [7, 11) is -4.42. The van der Waals surface area contributed by atoms with Crippen LogP contribution in [0.25, 0.3) is 10.9 Å². The Balaban J connectivity index is 1.58. The lowest BCUT2D eigenvalue weighted by Crippen LogP contribution is -2.50. The summed E-state index contributed by atoms with van der Waals surface area (Å²) in [5, 5.41) is 12.7. The van der Waals surface area contributed by atoms with E-state index in [0.717, 1.165) is 0 Å².